The number of hydrogen-bond acceptors (Lipinski definition) is 2. The van der Waals surface area contributed by atoms with Gasteiger partial charge in [0.2, 0.25) is 0 Å². The van der Waals surface area contributed by atoms with Crippen LogP contribution in [-0.4, -0.2) is 20.2 Å². The van der Waals surface area contributed by atoms with Crippen molar-refractivity contribution in [2.24, 2.45) is 11.8 Å². The van der Waals surface area contributed by atoms with Crippen LogP contribution in [0, 0.1) is 17.7 Å². The Morgan fingerprint density at radius 1 is 1.24 bits per heavy atom. The minimum absolute atomic E-state index is 0.244. The van der Waals surface area contributed by atoms with Gasteiger partial charge in [-0.1, -0.05) is 25.8 Å². The zero-order valence-electron chi connectivity index (χ0n) is 13.3. The average Bonchev–Trinajstić information content (AvgIpc) is 2.49. The molecular weight excluding hydrogens is 265 g/mol. The van der Waals surface area contributed by atoms with Gasteiger partial charge in [-0.3, -0.25) is 0 Å². The highest BCUT2D eigenvalue weighted by Gasteiger charge is 2.25. The summed E-state index contributed by atoms with van der Waals surface area (Å²) in [6, 6.07) is 5.40. The Balaban J connectivity index is 1.96. The van der Waals surface area contributed by atoms with Gasteiger partial charge in [-0.15, -0.1) is 0 Å². The maximum absolute atomic E-state index is 13.8. The topological polar surface area (TPSA) is 21.3 Å². The maximum atomic E-state index is 13.8. The molecule has 0 heterocycles. The molecule has 3 heteroatoms. The normalized spacial score (nSPS) is 22.2. The zero-order chi connectivity index (χ0) is 15.1. The van der Waals surface area contributed by atoms with Crippen molar-refractivity contribution in [3.63, 3.8) is 0 Å². The molecule has 0 amide bonds. The lowest BCUT2D eigenvalue weighted by Crippen LogP contribution is -2.32. The van der Waals surface area contributed by atoms with Crippen molar-refractivity contribution in [3.05, 3.63) is 29.6 Å². The van der Waals surface area contributed by atoms with Crippen LogP contribution in [0.25, 0.3) is 0 Å². The first-order valence-corrected chi connectivity index (χ1v) is 8.27. The number of ether oxygens (including phenoxy) is 1. The summed E-state index contributed by atoms with van der Waals surface area (Å²) >= 11 is 0. The molecule has 0 aliphatic heterocycles. The Morgan fingerprint density at radius 3 is 2.67 bits per heavy atom. The molecule has 1 fully saturated rings. The van der Waals surface area contributed by atoms with E-state index < -0.39 is 0 Å². The molecule has 2 nitrogen and oxygen atoms in total. The van der Waals surface area contributed by atoms with Gasteiger partial charge in [0.15, 0.2) is 11.6 Å². The van der Waals surface area contributed by atoms with E-state index in [9.17, 15) is 4.39 Å². The van der Waals surface area contributed by atoms with E-state index in [0.29, 0.717) is 11.7 Å². The molecule has 0 saturated heterocycles. The number of halogens is 1. The smallest absolute Gasteiger partial charge is 0.165 e. The Kier molecular flexibility index (Phi) is 6.50. The SMILES string of the molecule is CCCNCC1CCCCC1Cc1ccc(OC)c(F)c1. The summed E-state index contributed by atoms with van der Waals surface area (Å²) < 4.78 is 18.8. The Hall–Kier alpha value is -1.09. The van der Waals surface area contributed by atoms with Crippen LogP contribution in [0.1, 0.15) is 44.6 Å². The lowest BCUT2D eigenvalue weighted by atomic mass is 9.76. The highest BCUT2D eigenvalue weighted by Crippen LogP contribution is 2.33. The predicted octanol–water partition coefficient (Wildman–Crippen LogP) is 4.18. The van der Waals surface area contributed by atoms with Gasteiger partial charge in [0.25, 0.3) is 0 Å². The lowest BCUT2D eigenvalue weighted by Gasteiger charge is -2.32. The van der Waals surface area contributed by atoms with E-state index in [1.807, 2.05) is 6.07 Å². The van der Waals surface area contributed by atoms with Crippen LogP contribution in [-0.2, 0) is 6.42 Å². The largest absolute Gasteiger partial charge is 0.494 e. The van der Waals surface area contributed by atoms with Crippen LogP contribution in [0.5, 0.6) is 5.75 Å². The van der Waals surface area contributed by atoms with E-state index in [4.69, 9.17) is 4.74 Å². The van der Waals surface area contributed by atoms with Gasteiger partial charge in [0.05, 0.1) is 7.11 Å². The van der Waals surface area contributed by atoms with E-state index in [2.05, 4.69) is 12.2 Å². The summed E-state index contributed by atoms with van der Waals surface area (Å²) in [5.41, 5.74) is 1.10. The van der Waals surface area contributed by atoms with Gasteiger partial charge in [-0.25, -0.2) is 4.39 Å². The molecule has 1 aliphatic rings. The van der Waals surface area contributed by atoms with Crippen LogP contribution in [0.15, 0.2) is 18.2 Å². The number of rotatable bonds is 7. The average molecular weight is 293 g/mol. The van der Waals surface area contributed by atoms with Crippen molar-refractivity contribution in [1.82, 2.24) is 5.32 Å². The minimum Gasteiger partial charge on any atom is -0.494 e. The Bertz CT molecular complexity index is 435. The molecule has 118 valence electrons. The second kappa shape index (κ2) is 8.38. The van der Waals surface area contributed by atoms with Crippen molar-refractivity contribution < 1.29 is 9.13 Å². The molecule has 0 bridgehead atoms. The van der Waals surface area contributed by atoms with Gasteiger partial charge in [-0.05, 0) is 68.3 Å². The fraction of sp³-hybridized carbons (Fsp3) is 0.667. The van der Waals surface area contributed by atoms with Gasteiger partial charge >= 0.3 is 0 Å². The second-order valence-electron chi connectivity index (χ2n) is 6.18. The van der Waals surface area contributed by atoms with Crippen LogP contribution in [0.4, 0.5) is 4.39 Å². The van der Waals surface area contributed by atoms with Crippen LogP contribution in [0.2, 0.25) is 0 Å². The maximum Gasteiger partial charge on any atom is 0.165 e. The lowest BCUT2D eigenvalue weighted by molar-refractivity contribution is 0.228. The highest BCUT2D eigenvalue weighted by atomic mass is 19.1. The summed E-state index contributed by atoms with van der Waals surface area (Å²) in [4.78, 5) is 0. The minimum atomic E-state index is -0.244. The number of nitrogens with one attached hydrogen (secondary N) is 1. The molecule has 0 aromatic heterocycles. The van der Waals surface area contributed by atoms with Gasteiger partial charge in [0, 0.05) is 0 Å². The van der Waals surface area contributed by atoms with E-state index in [0.717, 1.165) is 31.0 Å². The second-order valence-corrected chi connectivity index (χ2v) is 6.18. The molecule has 2 atom stereocenters. The van der Waals surface area contributed by atoms with Gasteiger partial charge < -0.3 is 10.1 Å². The number of benzene rings is 1. The summed E-state index contributed by atoms with van der Waals surface area (Å²) in [6.45, 7) is 4.41. The summed E-state index contributed by atoms with van der Waals surface area (Å²) in [6.07, 6.45) is 7.39. The Labute approximate surface area is 128 Å². The van der Waals surface area contributed by atoms with E-state index in [-0.39, 0.29) is 5.82 Å². The van der Waals surface area contributed by atoms with E-state index >= 15 is 0 Å². The third kappa shape index (κ3) is 4.70. The fourth-order valence-corrected chi connectivity index (χ4v) is 3.43. The van der Waals surface area contributed by atoms with Crippen molar-refractivity contribution >= 4 is 0 Å². The first-order chi connectivity index (χ1) is 10.2. The monoisotopic (exact) mass is 293 g/mol. The zero-order valence-corrected chi connectivity index (χ0v) is 13.3. The Morgan fingerprint density at radius 2 is 2.00 bits per heavy atom. The molecule has 1 aliphatic carbocycles. The molecule has 21 heavy (non-hydrogen) atoms. The molecule has 2 rings (SSSR count). The molecule has 1 aromatic carbocycles. The van der Waals surface area contributed by atoms with Gasteiger partial charge in [0.1, 0.15) is 0 Å². The molecule has 2 unspecified atom stereocenters. The molecule has 0 radical (unpaired) electrons. The quantitative estimate of drug-likeness (QED) is 0.761. The fourth-order valence-electron chi connectivity index (χ4n) is 3.43. The predicted molar refractivity (Wildman–Crippen MR) is 85.3 cm³/mol. The van der Waals surface area contributed by atoms with E-state index in [1.54, 1.807) is 12.1 Å². The van der Waals surface area contributed by atoms with Crippen molar-refractivity contribution in [3.8, 4) is 5.75 Å². The van der Waals surface area contributed by atoms with Gasteiger partial charge in [-0.2, -0.15) is 0 Å². The van der Waals surface area contributed by atoms with Crippen LogP contribution in [0.3, 0.4) is 0 Å². The first kappa shape index (κ1) is 16.3. The van der Waals surface area contributed by atoms with Crippen LogP contribution >= 0.6 is 0 Å². The molecule has 0 spiro atoms. The van der Waals surface area contributed by atoms with Crippen molar-refractivity contribution in [1.29, 1.82) is 0 Å². The van der Waals surface area contributed by atoms with Crippen LogP contribution < -0.4 is 10.1 Å². The molecule has 1 saturated carbocycles. The van der Waals surface area contributed by atoms with E-state index in [1.165, 1.54) is 39.2 Å². The standard InChI is InChI=1S/C18H28FNO/c1-3-10-20-13-16-7-5-4-6-15(16)11-14-8-9-18(21-2)17(19)12-14/h8-9,12,15-16,20H,3-7,10-11,13H2,1-2H3. The number of methoxy groups -OCH3 is 1. The molecule has 1 N–H and O–H groups in total. The molecular formula is C18H28FNO. The summed E-state index contributed by atoms with van der Waals surface area (Å²) in [5, 5.41) is 3.56. The summed E-state index contributed by atoms with van der Waals surface area (Å²) in [7, 11) is 1.51. The van der Waals surface area contributed by atoms with Crippen molar-refractivity contribution in [2.75, 3.05) is 20.2 Å². The number of hydrogen-bond donors (Lipinski definition) is 1. The third-order valence-corrected chi connectivity index (χ3v) is 4.61. The summed E-state index contributed by atoms with van der Waals surface area (Å²) in [5.74, 6) is 1.50. The van der Waals surface area contributed by atoms with Crippen molar-refractivity contribution in [2.45, 2.75) is 45.4 Å². The third-order valence-electron chi connectivity index (χ3n) is 4.61. The molecule has 1 aromatic rings. The first-order valence-electron chi connectivity index (χ1n) is 8.27. The highest BCUT2D eigenvalue weighted by molar-refractivity contribution is 5.29.